The zero-order valence-corrected chi connectivity index (χ0v) is 8.43. The Balaban J connectivity index is 3.22. The van der Waals surface area contributed by atoms with Gasteiger partial charge in [-0.05, 0) is 18.8 Å². The molecule has 0 aliphatic carbocycles. The summed E-state index contributed by atoms with van der Waals surface area (Å²) >= 11 is 0. The Morgan fingerprint density at radius 2 is 2.08 bits per heavy atom. The fourth-order valence-corrected chi connectivity index (χ4v) is 0.852. The molecule has 0 radical (unpaired) electrons. The van der Waals surface area contributed by atoms with Gasteiger partial charge >= 0.3 is 0 Å². The average molecular weight is 172 g/mol. The van der Waals surface area contributed by atoms with Gasteiger partial charge in [0.1, 0.15) is 6.61 Å². The fourth-order valence-electron chi connectivity index (χ4n) is 0.852. The van der Waals surface area contributed by atoms with Crippen molar-refractivity contribution in [3.8, 4) is 0 Å². The first-order valence-electron chi connectivity index (χ1n) is 4.76. The lowest BCUT2D eigenvalue weighted by atomic mass is 10.1. The molecule has 0 N–H and O–H groups in total. The number of hydrogen-bond donors (Lipinski definition) is 0. The van der Waals surface area contributed by atoms with Crippen molar-refractivity contribution in [2.45, 2.75) is 40.0 Å². The van der Waals surface area contributed by atoms with Crippen LogP contribution in [0.3, 0.4) is 0 Å². The lowest BCUT2D eigenvalue weighted by molar-refractivity contribution is -0.123. The molecular formula is C10H20O2. The molecule has 12 heavy (non-hydrogen) atoms. The predicted molar refractivity (Wildman–Crippen MR) is 50.2 cm³/mol. The molecule has 0 amide bonds. The van der Waals surface area contributed by atoms with Crippen LogP contribution in [0, 0.1) is 5.92 Å². The summed E-state index contributed by atoms with van der Waals surface area (Å²) in [6, 6.07) is 0. The summed E-state index contributed by atoms with van der Waals surface area (Å²) in [5.74, 6) is 0.845. The first-order valence-corrected chi connectivity index (χ1v) is 4.76. The van der Waals surface area contributed by atoms with Crippen molar-refractivity contribution in [2.75, 3.05) is 13.2 Å². The van der Waals surface area contributed by atoms with Gasteiger partial charge in [0.2, 0.25) is 0 Å². The fraction of sp³-hybridized carbons (Fsp3) is 0.900. The van der Waals surface area contributed by atoms with E-state index in [4.69, 9.17) is 4.74 Å². The van der Waals surface area contributed by atoms with Gasteiger partial charge in [-0.1, -0.05) is 20.8 Å². The molecule has 0 saturated heterocycles. The third-order valence-corrected chi connectivity index (χ3v) is 1.61. The van der Waals surface area contributed by atoms with E-state index in [0.29, 0.717) is 25.6 Å². The molecule has 0 aromatic rings. The molecule has 0 heterocycles. The third-order valence-electron chi connectivity index (χ3n) is 1.61. The molecule has 0 fully saturated rings. The van der Waals surface area contributed by atoms with Gasteiger partial charge in [-0.3, -0.25) is 4.79 Å². The van der Waals surface area contributed by atoms with Crippen molar-refractivity contribution in [1.82, 2.24) is 0 Å². The van der Waals surface area contributed by atoms with Crippen LogP contribution >= 0.6 is 0 Å². The van der Waals surface area contributed by atoms with E-state index < -0.39 is 0 Å². The number of ketones is 1. The van der Waals surface area contributed by atoms with Crippen LogP contribution < -0.4 is 0 Å². The van der Waals surface area contributed by atoms with Crippen molar-refractivity contribution in [3.63, 3.8) is 0 Å². The van der Waals surface area contributed by atoms with Crippen LogP contribution in [-0.4, -0.2) is 19.0 Å². The Bertz CT molecular complexity index is 119. The molecule has 0 saturated carbocycles. The molecule has 0 aromatic carbocycles. The summed E-state index contributed by atoms with van der Waals surface area (Å²) in [7, 11) is 0. The van der Waals surface area contributed by atoms with E-state index in [1.807, 2.05) is 6.92 Å². The Morgan fingerprint density at radius 3 is 2.58 bits per heavy atom. The number of carbonyl (C=O) groups excluding carboxylic acids is 1. The molecule has 0 unspecified atom stereocenters. The van der Waals surface area contributed by atoms with Gasteiger partial charge in [-0.25, -0.2) is 0 Å². The van der Waals surface area contributed by atoms with E-state index >= 15 is 0 Å². The van der Waals surface area contributed by atoms with E-state index in [1.165, 1.54) is 0 Å². The average Bonchev–Trinajstić information content (AvgIpc) is 2.01. The van der Waals surface area contributed by atoms with Crippen molar-refractivity contribution >= 4 is 5.78 Å². The molecule has 0 spiro atoms. The summed E-state index contributed by atoms with van der Waals surface area (Å²) in [4.78, 5) is 11.1. The monoisotopic (exact) mass is 172 g/mol. The lowest BCUT2D eigenvalue weighted by Crippen LogP contribution is -2.09. The van der Waals surface area contributed by atoms with E-state index in [-0.39, 0.29) is 5.78 Å². The molecule has 0 rings (SSSR count). The summed E-state index contributed by atoms with van der Waals surface area (Å²) in [5, 5.41) is 0. The maximum atomic E-state index is 11.1. The first kappa shape index (κ1) is 11.6. The van der Waals surface area contributed by atoms with Crippen LogP contribution in [0.5, 0.6) is 0 Å². The van der Waals surface area contributed by atoms with Gasteiger partial charge in [0.25, 0.3) is 0 Å². The van der Waals surface area contributed by atoms with Crippen molar-refractivity contribution in [3.05, 3.63) is 0 Å². The van der Waals surface area contributed by atoms with Gasteiger partial charge in [-0.15, -0.1) is 0 Å². The molecular weight excluding hydrogens is 152 g/mol. The van der Waals surface area contributed by atoms with Gasteiger partial charge in [0.15, 0.2) is 5.78 Å². The third kappa shape index (κ3) is 7.73. The zero-order chi connectivity index (χ0) is 9.40. The number of ether oxygens (including phenoxy) is 1. The van der Waals surface area contributed by atoms with Crippen molar-refractivity contribution in [2.24, 2.45) is 5.92 Å². The highest BCUT2D eigenvalue weighted by Gasteiger charge is 2.02. The first-order chi connectivity index (χ1) is 5.66. The summed E-state index contributed by atoms with van der Waals surface area (Å²) in [5.41, 5.74) is 0. The topological polar surface area (TPSA) is 26.3 Å². The van der Waals surface area contributed by atoms with E-state index in [9.17, 15) is 4.79 Å². The Morgan fingerprint density at radius 1 is 1.42 bits per heavy atom. The summed E-state index contributed by atoms with van der Waals surface area (Å²) in [6.45, 7) is 7.30. The minimum atomic E-state index is 0.233. The van der Waals surface area contributed by atoms with Gasteiger partial charge in [-0.2, -0.15) is 0 Å². The minimum absolute atomic E-state index is 0.233. The van der Waals surface area contributed by atoms with Gasteiger partial charge in [0, 0.05) is 13.0 Å². The van der Waals surface area contributed by atoms with E-state index in [2.05, 4.69) is 13.8 Å². The van der Waals surface area contributed by atoms with Crippen LogP contribution in [0.1, 0.15) is 40.0 Å². The largest absolute Gasteiger partial charge is 0.374 e. The number of rotatable bonds is 7. The highest BCUT2D eigenvalue weighted by atomic mass is 16.5. The molecule has 0 bridgehead atoms. The molecule has 0 aliphatic heterocycles. The van der Waals surface area contributed by atoms with Crippen molar-refractivity contribution in [1.29, 1.82) is 0 Å². The van der Waals surface area contributed by atoms with Crippen LogP contribution in [0.2, 0.25) is 0 Å². The summed E-state index contributed by atoms with van der Waals surface area (Å²) in [6.07, 6.45) is 2.63. The lowest BCUT2D eigenvalue weighted by Gasteiger charge is -2.03. The molecule has 2 heteroatoms. The highest BCUT2D eigenvalue weighted by Crippen LogP contribution is 2.03. The van der Waals surface area contributed by atoms with Crippen LogP contribution in [0.25, 0.3) is 0 Å². The molecule has 0 atom stereocenters. The number of hydrogen-bond acceptors (Lipinski definition) is 2. The van der Waals surface area contributed by atoms with E-state index in [0.717, 1.165) is 12.8 Å². The maximum absolute atomic E-state index is 11.1. The van der Waals surface area contributed by atoms with Gasteiger partial charge < -0.3 is 4.74 Å². The zero-order valence-electron chi connectivity index (χ0n) is 8.43. The van der Waals surface area contributed by atoms with Crippen LogP contribution in [-0.2, 0) is 9.53 Å². The van der Waals surface area contributed by atoms with Gasteiger partial charge in [0.05, 0.1) is 0 Å². The highest BCUT2D eigenvalue weighted by molar-refractivity contribution is 5.79. The Labute approximate surface area is 75.3 Å². The summed E-state index contributed by atoms with van der Waals surface area (Å²) < 4.78 is 5.13. The quantitative estimate of drug-likeness (QED) is 0.551. The Kier molecular flexibility index (Phi) is 7.06. The molecule has 0 aromatic heterocycles. The normalized spacial score (nSPS) is 10.7. The van der Waals surface area contributed by atoms with Crippen LogP contribution in [0.4, 0.5) is 0 Å². The second kappa shape index (κ2) is 7.29. The SMILES string of the molecule is CCCOCC(=O)CCC(C)C. The minimum Gasteiger partial charge on any atom is -0.374 e. The van der Waals surface area contributed by atoms with E-state index in [1.54, 1.807) is 0 Å². The number of Topliss-reactive ketones (excluding diaryl/α,β-unsaturated/α-hetero) is 1. The maximum Gasteiger partial charge on any atom is 0.158 e. The Hall–Kier alpha value is -0.370. The van der Waals surface area contributed by atoms with Crippen LogP contribution in [0.15, 0.2) is 0 Å². The standard InChI is InChI=1S/C10H20O2/c1-4-7-12-8-10(11)6-5-9(2)3/h9H,4-8H2,1-3H3. The number of carbonyl (C=O) groups is 1. The smallest absolute Gasteiger partial charge is 0.158 e. The molecule has 2 nitrogen and oxygen atoms in total. The molecule has 0 aliphatic rings. The predicted octanol–water partition coefficient (Wildman–Crippen LogP) is 2.42. The molecule has 72 valence electrons. The second-order valence-corrected chi connectivity index (χ2v) is 3.52. The van der Waals surface area contributed by atoms with Crippen molar-refractivity contribution < 1.29 is 9.53 Å². The second-order valence-electron chi connectivity index (χ2n) is 3.52.